The van der Waals surface area contributed by atoms with Crippen molar-refractivity contribution in [1.82, 2.24) is 10.2 Å². The topological polar surface area (TPSA) is 55.7 Å². The Hall–Kier alpha value is -1.69. The van der Waals surface area contributed by atoms with Crippen molar-refractivity contribution in [2.75, 3.05) is 13.1 Å². The van der Waals surface area contributed by atoms with Crippen LogP contribution in [0.25, 0.3) is 0 Å². The number of hydrogen-bond acceptors (Lipinski definition) is 3. The number of hydrogen-bond donors (Lipinski definition) is 3. The lowest BCUT2D eigenvalue weighted by atomic mass is 9.86. The fraction of sp³-hybridized carbons (Fsp3) is 0.409. The largest absolute Gasteiger partial charge is 0.503 e. The number of phenolic OH excluding ortho intramolecular Hbond substituents is 2. The highest BCUT2D eigenvalue weighted by Crippen LogP contribution is 2.46. The summed E-state index contributed by atoms with van der Waals surface area (Å²) in [7, 11) is 0. The fourth-order valence-corrected chi connectivity index (χ4v) is 4.29. The zero-order chi connectivity index (χ0) is 21.3. The summed E-state index contributed by atoms with van der Waals surface area (Å²) in [6.45, 7) is 8.46. The third-order valence-corrected chi connectivity index (χ3v) is 6.53. The first-order valence-electron chi connectivity index (χ1n) is 9.62. The SMILES string of the molecule is CC(C)(C)c1ccc(CCNC(=S)N2CCc3c(Cl)c(O)c(O)c(Cl)c3C2)cc1. The lowest BCUT2D eigenvalue weighted by Gasteiger charge is -2.32. The van der Waals surface area contributed by atoms with Gasteiger partial charge in [-0.05, 0) is 52.7 Å². The van der Waals surface area contributed by atoms with Crippen LogP contribution in [0.15, 0.2) is 24.3 Å². The van der Waals surface area contributed by atoms with Crippen molar-refractivity contribution in [3.8, 4) is 11.5 Å². The summed E-state index contributed by atoms with van der Waals surface area (Å²) < 4.78 is 0. The molecule has 156 valence electrons. The number of halogens is 2. The van der Waals surface area contributed by atoms with Gasteiger partial charge in [-0.1, -0.05) is 68.2 Å². The molecule has 0 fully saturated rings. The molecule has 0 saturated carbocycles. The Bertz CT molecular complexity index is 924. The van der Waals surface area contributed by atoms with E-state index in [4.69, 9.17) is 35.4 Å². The van der Waals surface area contributed by atoms with Gasteiger partial charge in [-0.15, -0.1) is 0 Å². The van der Waals surface area contributed by atoms with Gasteiger partial charge >= 0.3 is 0 Å². The lowest BCUT2D eigenvalue weighted by Crippen LogP contribution is -2.43. The molecule has 0 radical (unpaired) electrons. The van der Waals surface area contributed by atoms with Crippen molar-refractivity contribution in [3.05, 3.63) is 56.6 Å². The quantitative estimate of drug-likeness (QED) is 0.442. The second kappa shape index (κ2) is 8.58. The molecule has 1 aliphatic heterocycles. The third-order valence-electron chi connectivity index (χ3n) is 5.31. The zero-order valence-electron chi connectivity index (χ0n) is 16.9. The van der Waals surface area contributed by atoms with Crippen LogP contribution in [-0.4, -0.2) is 33.3 Å². The summed E-state index contributed by atoms with van der Waals surface area (Å²) in [5, 5.41) is 24.1. The average Bonchev–Trinajstić information content (AvgIpc) is 2.69. The van der Waals surface area contributed by atoms with Crippen LogP contribution in [0.5, 0.6) is 11.5 Å². The first kappa shape index (κ1) is 22.0. The van der Waals surface area contributed by atoms with Crippen LogP contribution in [0.2, 0.25) is 10.0 Å². The monoisotopic (exact) mass is 452 g/mol. The molecule has 0 amide bonds. The van der Waals surface area contributed by atoms with E-state index in [1.807, 2.05) is 4.90 Å². The van der Waals surface area contributed by atoms with Gasteiger partial charge in [0, 0.05) is 19.6 Å². The molecule has 1 aliphatic rings. The Balaban J connectivity index is 1.59. The molecule has 0 bridgehead atoms. The highest BCUT2D eigenvalue weighted by atomic mass is 35.5. The van der Waals surface area contributed by atoms with E-state index in [-0.39, 0.29) is 27.0 Å². The molecular formula is C22H26Cl2N2O2S. The predicted molar refractivity (Wildman–Crippen MR) is 123 cm³/mol. The number of thiocarbonyl (C=S) groups is 1. The molecule has 7 heteroatoms. The van der Waals surface area contributed by atoms with Crippen LogP contribution in [0.3, 0.4) is 0 Å². The molecule has 2 aromatic carbocycles. The molecule has 0 aliphatic carbocycles. The number of fused-ring (bicyclic) bond motifs is 1. The summed E-state index contributed by atoms with van der Waals surface area (Å²) in [4.78, 5) is 2.00. The van der Waals surface area contributed by atoms with Gasteiger partial charge in [-0.3, -0.25) is 0 Å². The molecule has 1 heterocycles. The average molecular weight is 453 g/mol. The summed E-state index contributed by atoms with van der Waals surface area (Å²) in [6, 6.07) is 8.70. The molecule has 3 N–H and O–H groups in total. The minimum absolute atomic E-state index is 0.133. The number of nitrogens with one attached hydrogen (secondary N) is 1. The van der Waals surface area contributed by atoms with Gasteiger partial charge in [0.1, 0.15) is 0 Å². The smallest absolute Gasteiger partial charge is 0.178 e. The molecule has 0 spiro atoms. The van der Waals surface area contributed by atoms with E-state index in [0.29, 0.717) is 30.2 Å². The Morgan fingerprint density at radius 3 is 2.24 bits per heavy atom. The minimum Gasteiger partial charge on any atom is -0.503 e. The highest BCUT2D eigenvalue weighted by molar-refractivity contribution is 7.80. The normalized spacial score (nSPS) is 13.9. The van der Waals surface area contributed by atoms with E-state index in [9.17, 15) is 10.2 Å². The maximum Gasteiger partial charge on any atom is 0.178 e. The molecular weight excluding hydrogens is 427 g/mol. The first-order valence-corrected chi connectivity index (χ1v) is 10.8. The molecule has 29 heavy (non-hydrogen) atoms. The van der Waals surface area contributed by atoms with Gasteiger partial charge in [0.05, 0.1) is 10.0 Å². The predicted octanol–water partition coefficient (Wildman–Crippen LogP) is 5.18. The van der Waals surface area contributed by atoms with E-state index < -0.39 is 0 Å². The number of rotatable bonds is 3. The van der Waals surface area contributed by atoms with Gasteiger partial charge in [0.25, 0.3) is 0 Å². The van der Waals surface area contributed by atoms with Gasteiger partial charge in [-0.2, -0.15) is 0 Å². The van der Waals surface area contributed by atoms with E-state index in [1.165, 1.54) is 11.1 Å². The van der Waals surface area contributed by atoms with Crippen LogP contribution in [0.4, 0.5) is 0 Å². The summed E-state index contributed by atoms with van der Waals surface area (Å²) in [5.74, 6) is -0.739. The minimum atomic E-state index is -0.380. The second-order valence-electron chi connectivity index (χ2n) is 8.38. The van der Waals surface area contributed by atoms with Crippen molar-refractivity contribution in [2.24, 2.45) is 0 Å². The molecule has 2 aromatic rings. The van der Waals surface area contributed by atoms with E-state index in [2.05, 4.69) is 50.4 Å². The van der Waals surface area contributed by atoms with Gasteiger partial charge in [0.15, 0.2) is 16.6 Å². The van der Waals surface area contributed by atoms with Crippen molar-refractivity contribution < 1.29 is 10.2 Å². The summed E-state index contributed by atoms with van der Waals surface area (Å²) >= 11 is 17.9. The Kier molecular flexibility index (Phi) is 6.51. The Labute approximate surface area is 187 Å². The highest BCUT2D eigenvalue weighted by Gasteiger charge is 2.27. The van der Waals surface area contributed by atoms with Gasteiger partial charge < -0.3 is 20.4 Å². The van der Waals surface area contributed by atoms with Crippen molar-refractivity contribution in [3.63, 3.8) is 0 Å². The van der Waals surface area contributed by atoms with Crippen molar-refractivity contribution in [2.45, 2.75) is 45.6 Å². The first-order chi connectivity index (χ1) is 13.6. The van der Waals surface area contributed by atoms with Crippen molar-refractivity contribution >= 4 is 40.5 Å². The summed E-state index contributed by atoms with van der Waals surface area (Å²) in [6.07, 6.45) is 1.47. The second-order valence-corrected chi connectivity index (χ2v) is 9.53. The van der Waals surface area contributed by atoms with E-state index in [0.717, 1.165) is 18.5 Å². The number of benzene rings is 2. The molecule has 3 rings (SSSR count). The number of nitrogens with zero attached hydrogens (tertiary/aromatic N) is 1. The Morgan fingerprint density at radius 2 is 1.66 bits per heavy atom. The fourth-order valence-electron chi connectivity index (χ4n) is 3.47. The standard InChI is InChI=1S/C22H26Cl2N2O2S/c1-22(2,3)14-6-4-13(5-7-14)8-10-25-21(29)26-11-9-15-16(12-26)18(24)20(28)19(27)17(15)23/h4-7,27-28H,8-12H2,1-3H3,(H,25,29). The molecule has 0 aromatic heterocycles. The van der Waals surface area contributed by atoms with E-state index >= 15 is 0 Å². The van der Waals surface area contributed by atoms with Gasteiger partial charge in [0.2, 0.25) is 0 Å². The van der Waals surface area contributed by atoms with Crippen LogP contribution in [0, 0.1) is 0 Å². The third kappa shape index (κ3) is 4.73. The van der Waals surface area contributed by atoms with E-state index in [1.54, 1.807) is 0 Å². The lowest BCUT2D eigenvalue weighted by molar-refractivity contribution is 0.375. The molecule has 0 saturated heterocycles. The molecule has 0 atom stereocenters. The van der Waals surface area contributed by atoms with Crippen LogP contribution >= 0.6 is 35.4 Å². The Morgan fingerprint density at radius 1 is 1.07 bits per heavy atom. The molecule has 0 unspecified atom stereocenters. The van der Waals surface area contributed by atoms with Gasteiger partial charge in [-0.25, -0.2) is 0 Å². The number of aromatic hydroxyl groups is 2. The summed E-state index contributed by atoms with van der Waals surface area (Å²) in [5.41, 5.74) is 4.21. The van der Waals surface area contributed by atoms with Crippen LogP contribution in [-0.2, 0) is 24.8 Å². The maximum absolute atomic E-state index is 9.97. The van der Waals surface area contributed by atoms with Crippen LogP contribution in [0.1, 0.15) is 43.0 Å². The zero-order valence-corrected chi connectivity index (χ0v) is 19.2. The number of phenols is 2. The van der Waals surface area contributed by atoms with Crippen molar-refractivity contribution in [1.29, 1.82) is 0 Å². The van der Waals surface area contributed by atoms with Crippen LogP contribution < -0.4 is 5.32 Å². The molecule has 4 nitrogen and oxygen atoms in total. The maximum atomic E-state index is 9.97.